The molecule has 0 aromatic heterocycles. The van der Waals surface area contributed by atoms with Crippen molar-refractivity contribution in [3.8, 4) is 5.75 Å². The van der Waals surface area contributed by atoms with E-state index in [-0.39, 0.29) is 6.54 Å². The quantitative estimate of drug-likeness (QED) is 0.872. The van der Waals surface area contributed by atoms with Crippen LogP contribution < -0.4 is 10.1 Å². The summed E-state index contributed by atoms with van der Waals surface area (Å²) in [4.78, 5) is 11.5. The third kappa shape index (κ3) is 4.60. The number of alkyl halides is 3. The summed E-state index contributed by atoms with van der Waals surface area (Å²) >= 11 is 0. The molecule has 0 spiro atoms. The largest absolute Gasteiger partial charge is 0.497 e. The van der Waals surface area contributed by atoms with Gasteiger partial charge in [-0.25, -0.2) is 0 Å². The fraction of sp³-hybridized carbons (Fsp3) is 0.562. The van der Waals surface area contributed by atoms with Crippen LogP contribution in [0.25, 0.3) is 0 Å². The summed E-state index contributed by atoms with van der Waals surface area (Å²) in [5, 5.41) is 13.2. The molecule has 7 heteroatoms. The Morgan fingerprint density at radius 2 is 2.17 bits per heavy atom. The van der Waals surface area contributed by atoms with Gasteiger partial charge in [0.2, 0.25) is 5.91 Å². The molecule has 1 aromatic rings. The molecule has 1 aliphatic rings. The highest BCUT2D eigenvalue weighted by atomic mass is 19.4. The van der Waals surface area contributed by atoms with Gasteiger partial charge in [0.25, 0.3) is 0 Å². The van der Waals surface area contributed by atoms with Crippen molar-refractivity contribution in [1.82, 2.24) is 5.32 Å². The summed E-state index contributed by atoms with van der Waals surface area (Å²) in [6.45, 7) is -0.0942. The number of amides is 1. The monoisotopic (exact) mass is 331 g/mol. The summed E-state index contributed by atoms with van der Waals surface area (Å²) in [7, 11) is 1.55. The maximum Gasteiger partial charge on any atom is 0.389 e. The number of aryl methyl sites for hydroxylation is 1. The zero-order valence-corrected chi connectivity index (χ0v) is 12.9. The zero-order valence-electron chi connectivity index (χ0n) is 12.9. The van der Waals surface area contributed by atoms with Gasteiger partial charge in [-0.15, -0.1) is 0 Å². The molecule has 2 N–H and O–H groups in total. The fourth-order valence-electron chi connectivity index (χ4n) is 2.84. The van der Waals surface area contributed by atoms with Crippen LogP contribution in [0, 0.1) is 0 Å². The Morgan fingerprint density at radius 3 is 2.83 bits per heavy atom. The van der Waals surface area contributed by atoms with E-state index in [0.29, 0.717) is 17.7 Å². The van der Waals surface area contributed by atoms with Gasteiger partial charge in [0.15, 0.2) is 0 Å². The first-order chi connectivity index (χ1) is 10.7. The van der Waals surface area contributed by atoms with Gasteiger partial charge in [0.1, 0.15) is 11.4 Å². The highest BCUT2D eigenvalue weighted by Gasteiger charge is 2.35. The van der Waals surface area contributed by atoms with Gasteiger partial charge in [0.05, 0.1) is 20.1 Å². The number of carbonyl (C=O) groups excluding carboxylic acids is 1. The molecular formula is C16H20F3NO3. The van der Waals surface area contributed by atoms with E-state index in [1.54, 1.807) is 19.2 Å². The predicted molar refractivity (Wildman–Crippen MR) is 78.1 cm³/mol. The molecule has 0 heterocycles. The molecule has 23 heavy (non-hydrogen) atoms. The van der Waals surface area contributed by atoms with E-state index in [9.17, 15) is 23.1 Å². The Labute approximate surface area is 132 Å². The number of fused-ring (bicyclic) bond motifs is 1. The maximum absolute atomic E-state index is 12.1. The number of hydrogen-bond donors (Lipinski definition) is 2. The summed E-state index contributed by atoms with van der Waals surface area (Å²) in [5.74, 6) is -0.0291. The van der Waals surface area contributed by atoms with Crippen molar-refractivity contribution < 1.29 is 27.8 Å². The van der Waals surface area contributed by atoms with Crippen molar-refractivity contribution in [2.45, 2.75) is 43.9 Å². The molecule has 0 saturated carbocycles. The second-order valence-electron chi connectivity index (χ2n) is 5.80. The topological polar surface area (TPSA) is 58.6 Å². The summed E-state index contributed by atoms with van der Waals surface area (Å²) in [6.07, 6.45) is -4.18. The molecule has 1 aliphatic carbocycles. The van der Waals surface area contributed by atoms with Crippen LogP contribution in [0.5, 0.6) is 5.75 Å². The number of carbonyl (C=O) groups is 1. The first-order valence-electron chi connectivity index (χ1n) is 7.47. The minimum Gasteiger partial charge on any atom is -0.497 e. The molecule has 0 radical (unpaired) electrons. The molecule has 0 saturated heterocycles. The van der Waals surface area contributed by atoms with Crippen molar-refractivity contribution >= 4 is 5.91 Å². The Kier molecular flexibility index (Phi) is 5.19. The van der Waals surface area contributed by atoms with Crippen LogP contribution in [0.15, 0.2) is 18.2 Å². The lowest BCUT2D eigenvalue weighted by Crippen LogP contribution is -2.43. The van der Waals surface area contributed by atoms with Gasteiger partial charge in [-0.2, -0.15) is 13.2 Å². The maximum atomic E-state index is 12.1. The molecule has 128 valence electrons. The molecule has 0 aliphatic heterocycles. The number of ether oxygens (including phenoxy) is 1. The third-order valence-electron chi connectivity index (χ3n) is 4.06. The lowest BCUT2D eigenvalue weighted by Gasteiger charge is -2.35. The summed E-state index contributed by atoms with van der Waals surface area (Å²) in [6, 6.07) is 5.31. The lowest BCUT2D eigenvalue weighted by atomic mass is 9.79. The van der Waals surface area contributed by atoms with Gasteiger partial charge in [-0.3, -0.25) is 4.79 Å². The number of hydrogen-bond acceptors (Lipinski definition) is 3. The number of nitrogens with one attached hydrogen (secondary N) is 1. The Morgan fingerprint density at radius 1 is 1.43 bits per heavy atom. The van der Waals surface area contributed by atoms with E-state index in [1.165, 1.54) is 0 Å². The van der Waals surface area contributed by atoms with Gasteiger partial charge in [-0.1, -0.05) is 6.07 Å². The van der Waals surface area contributed by atoms with Gasteiger partial charge in [-0.05, 0) is 42.5 Å². The minimum absolute atomic E-state index is 0.0942. The third-order valence-corrected chi connectivity index (χ3v) is 4.06. The lowest BCUT2D eigenvalue weighted by molar-refractivity contribution is -0.144. The number of halogens is 3. The Hall–Kier alpha value is -1.76. The van der Waals surface area contributed by atoms with E-state index in [0.717, 1.165) is 18.4 Å². The fourth-order valence-corrected chi connectivity index (χ4v) is 2.84. The van der Waals surface area contributed by atoms with Gasteiger partial charge in [0, 0.05) is 6.42 Å². The van der Waals surface area contributed by atoms with Crippen molar-refractivity contribution in [3.05, 3.63) is 29.3 Å². The molecular weight excluding hydrogens is 311 g/mol. The number of aliphatic hydroxyl groups is 1. The van der Waals surface area contributed by atoms with Crippen LogP contribution in [0.2, 0.25) is 0 Å². The van der Waals surface area contributed by atoms with Crippen LogP contribution in [-0.2, 0) is 16.8 Å². The SMILES string of the molecule is COc1ccc2c(c1)CCCC2(O)CNC(=O)CCC(F)(F)F. The molecule has 1 atom stereocenters. The van der Waals surface area contributed by atoms with E-state index < -0.39 is 30.5 Å². The van der Waals surface area contributed by atoms with Crippen LogP contribution in [-0.4, -0.2) is 30.8 Å². The first-order valence-corrected chi connectivity index (χ1v) is 7.47. The highest BCUT2D eigenvalue weighted by Crippen LogP contribution is 2.36. The standard InChI is InChI=1S/C16H20F3NO3/c1-23-12-4-5-13-11(9-12)3-2-7-15(13,22)10-20-14(21)6-8-16(17,18)19/h4-5,9,22H,2-3,6-8,10H2,1H3,(H,20,21). The van der Waals surface area contributed by atoms with Crippen LogP contribution in [0.4, 0.5) is 13.2 Å². The van der Waals surface area contributed by atoms with Crippen LogP contribution in [0.1, 0.15) is 36.8 Å². The molecule has 0 fully saturated rings. The summed E-state index contributed by atoms with van der Waals surface area (Å²) < 4.78 is 41.5. The molecule has 1 unspecified atom stereocenters. The van der Waals surface area contributed by atoms with Crippen LogP contribution in [0.3, 0.4) is 0 Å². The predicted octanol–water partition coefficient (Wildman–Crippen LogP) is 2.68. The molecule has 1 aromatic carbocycles. The highest BCUT2D eigenvalue weighted by molar-refractivity contribution is 5.76. The first kappa shape index (κ1) is 17.6. The Bertz CT molecular complexity index is 574. The van der Waals surface area contributed by atoms with Gasteiger partial charge >= 0.3 is 6.18 Å². The summed E-state index contributed by atoms with van der Waals surface area (Å²) in [5.41, 5.74) is 0.372. The van der Waals surface area contributed by atoms with E-state index in [4.69, 9.17) is 4.74 Å². The molecule has 1 amide bonds. The van der Waals surface area contributed by atoms with Gasteiger partial charge < -0.3 is 15.2 Å². The zero-order chi connectivity index (χ0) is 17.1. The number of benzene rings is 1. The average Bonchev–Trinajstić information content (AvgIpc) is 2.50. The second kappa shape index (κ2) is 6.78. The van der Waals surface area contributed by atoms with Crippen LogP contribution >= 0.6 is 0 Å². The molecule has 4 nitrogen and oxygen atoms in total. The Balaban J connectivity index is 2.02. The molecule has 0 bridgehead atoms. The number of rotatable bonds is 5. The van der Waals surface area contributed by atoms with Crippen molar-refractivity contribution in [1.29, 1.82) is 0 Å². The van der Waals surface area contributed by atoms with Crippen molar-refractivity contribution in [2.75, 3.05) is 13.7 Å². The van der Waals surface area contributed by atoms with E-state index in [1.807, 2.05) is 6.07 Å². The van der Waals surface area contributed by atoms with E-state index in [2.05, 4.69) is 5.32 Å². The number of methoxy groups -OCH3 is 1. The minimum atomic E-state index is -4.36. The van der Waals surface area contributed by atoms with Crippen molar-refractivity contribution in [3.63, 3.8) is 0 Å². The smallest absolute Gasteiger partial charge is 0.389 e. The average molecular weight is 331 g/mol. The second-order valence-corrected chi connectivity index (χ2v) is 5.80. The van der Waals surface area contributed by atoms with E-state index >= 15 is 0 Å². The van der Waals surface area contributed by atoms with Crippen molar-refractivity contribution in [2.24, 2.45) is 0 Å². The normalized spacial score (nSPS) is 20.7. The molecule has 2 rings (SSSR count).